The van der Waals surface area contributed by atoms with Crippen LogP contribution in [0.25, 0.3) is 0 Å². The summed E-state index contributed by atoms with van der Waals surface area (Å²) in [5.74, 6) is -1.14. The van der Waals surface area contributed by atoms with Gasteiger partial charge in [-0.3, -0.25) is 0 Å². The summed E-state index contributed by atoms with van der Waals surface area (Å²) in [6.45, 7) is 3.56. The molecule has 0 heterocycles. The third-order valence-electron chi connectivity index (χ3n) is 1.79. The van der Waals surface area contributed by atoms with Crippen molar-refractivity contribution in [3.8, 4) is 0 Å². The highest BCUT2D eigenvalue weighted by atomic mass is 19.1. The van der Waals surface area contributed by atoms with Crippen molar-refractivity contribution in [1.82, 2.24) is 5.32 Å². The smallest absolute Gasteiger partial charge is 0.126 e. The lowest BCUT2D eigenvalue weighted by molar-refractivity contribution is 0.573. The molecule has 13 heavy (non-hydrogen) atoms. The zero-order valence-electron chi connectivity index (χ0n) is 7.35. The van der Waals surface area contributed by atoms with Crippen molar-refractivity contribution in [3.05, 3.63) is 48.1 Å². The Bertz CT molecular complexity index is 290. The first-order valence-electron chi connectivity index (χ1n) is 3.93. The maximum absolute atomic E-state index is 12.8. The van der Waals surface area contributed by atoms with Crippen LogP contribution in [0.5, 0.6) is 0 Å². The SMILES string of the molecule is C=CC(NC)c1cc(F)cc(F)c1. The van der Waals surface area contributed by atoms with Crippen LogP contribution < -0.4 is 5.32 Å². The third kappa shape index (κ3) is 2.36. The molecule has 0 saturated carbocycles. The maximum Gasteiger partial charge on any atom is 0.126 e. The number of likely N-dealkylation sites (N-methyl/N-ethyl adjacent to an activating group) is 1. The molecule has 0 bridgehead atoms. The van der Waals surface area contributed by atoms with Crippen LogP contribution in [0.1, 0.15) is 11.6 Å². The van der Waals surface area contributed by atoms with E-state index in [1.54, 1.807) is 13.1 Å². The van der Waals surface area contributed by atoms with Gasteiger partial charge < -0.3 is 5.32 Å². The summed E-state index contributed by atoms with van der Waals surface area (Å²) in [5.41, 5.74) is 0.537. The number of hydrogen-bond donors (Lipinski definition) is 1. The van der Waals surface area contributed by atoms with Crippen molar-refractivity contribution in [2.45, 2.75) is 6.04 Å². The van der Waals surface area contributed by atoms with Crippen molar-refractivity contribution in [1.29, 1.82) is 0 Å². The van der Waals surface area contributed by atoms with Gasteiger partial charge in [0.05, 0.1) is 6.04 Å². The summed E-state index contributed by atoms with van der Waals surface area (Å²) in [6.07, 6.45) is 1.59. The fraction of sp³-hybridized carbons (Fsp3) is 0.200. The molecule has 0 radical (unpaired) electrons. The molecule has 1 aromatic rings. The zero-order chi connectivity index (χ0) is 9.84. The summed E-state index contributed by atoms with van der Waals surface area (Å²) in [5, 5.41) is 2.87. The zero-order valence-corrected chi connectivity index (χ0v) is 7.35. The molecule has 1 unspecified atom stereocenters. The van der Waals surface area contributed by atoms with Crippen molar-refractivity contribution < 1.29 is 8.78 Å². The lowest BCUT2D eigenvalue weighted by Gasteiger charge is -2.11. The predicted octanol–water partition coefficient (Wildman–Crippen LogP) is 2.41. The first-order chi connectivity index (χ1) is 6.17. The monoisotopic (exact) mass is 183 g/mol. The minimum atomic E-state index is -0.572. The number of halogens is 2. The van der Waals surface area contributed by atoms with Gasteiger partial charge in [-0.1, -0.05) is 6.08 Å². The van der Waals surface area contributed by atoms with Crippen LogP contribution in [-0.2, 0) is 0 Å². The molecule has 0 aliphatic rings. The number of rotatable bonds is 3. The normalized spacial score (nSPS) is 12.5. The topological polar surface area (TPSA) is 12.0 Å². The number of nitrogens with one attached hydrogen (secondary N) is 1. The van der Waals surface area contributed by atoms with Gasteiger partial charge in [0.2, 0.25) is 0 Å². The molecule has 3 heteroatoms. The summed E-state index contributed by atoms with van der Waals surface area (Å²) in [6, 6.07) is 3.20. The molecule has 0 spiro atoms. The highest BCUT2D eigenvalue weighted by Crippen LogP contribution is 2.16. The van der Waals surface area contributed by atoms with Gasteiger partial charge in [0.1, 0.15) is 11.6 Å². The molecule has 0 saturated heterocycles. The molecule has 0 aromatic heterocycles. The minimum Gasteiger partial charge on any atom is -0.310 e. The van der Waals surface area contributed by atoms with Crippen LogP contribution in [0.2, 0.25) is 0 Å². The molecule has 1 rings (SSSR count). The Kier molecular flexibility index (Phi) is 3.14. The summed E-state index contributed by atoms with van der Waals surface area (Å²) in [4.78, 5) is 0. The van der Waals surface area contributed by atoms with E-state index < -0.39 is 11.6 Å². The molecule has 0 fully saturated rings. The van der Waals surface area contributed by atoms with Gasteiger partial charge in [0.15, 0.2) is 0 Å². The Morgan fingerprint density at radius 3 is 2.23 bits per heavy atom. The van der Waals surface area contributed by atoms with Crippen molar-refractivity contribution in [3.63, 3.8) is 0 Å². The molecular weight excluding hydrogens is 172 g/mol. The van der Waals surface area contributed by atoms with Gasteiger partial charge in [-0.05, 0) is 24.7 Å². The van der Waals surface area contributed by atoms with Crippen LogP contribution in [0.4, 0.5) is 8.78 Å². The highest BCUT2D eigenvalue weighted by Gasteiger charge is 2.07. The van der Waals surface area contributed by atoms with Crippen LogP contribution in [0.15, 0.2) is 30.9 Å². The maximum atomic E-state index is 12.8. The second-order valence-electron chi connectivity index (χ2n) is 2.70. The van der Waals surface area contributed by atoms with E-state index in [1.807, 2.05) is 0 Å². The minimum absolute atomic E-state index is 0.217. The fourth-order valence-corrected chi connectivity index (χ4v) is 1.18. The molecule has 1 N–H and O–H groups in total. The largest absolute Gasteiger partial charge is 0.310 e. The van der Waals surface area contributed by atoms with Gasteiger partial charge in [-0.25, -0.2) is 8.78 Å². The van der Waals surface area contributed by atoms with Crippen molar-refractivity contribution >= 4 is 0 Å². The van der Waals surface area contributed by atoms with Gasteiger partial charge in [-0.2, -0.15) is 0 Å². The first-order valence-corrected chi connectivity index (χ1v) is 3.93. The van der Waals surface area contributed by atoms with Crippen LogP contribution >= 0.6 is 0 Å². The first kappa shape index (κ1) is 9.86. The van der Waals surface area contributed by atoms with Crippen LogP contribution in [0, 0.1) is 11.6 Å². The standard InChI is InChI=1S/C10H11F2N/c1-3-10(13-2)7-4-8(11)6-9(12)5-7/h3-6,10,13H,1H2,2H3. The van der Waals surface area contributed by atoms with E-state index in [2.05, 4.69) is 11.9 Å². The van der Waals surface area contributed by atoms with Gasteiger partial charge in [0, 0.05) is 6.07 Å². The predicted molar refractivity (Wildman–Crippen MR) is 48.4 cm³/mol. The van der Waals surface area contributed by atoms with Crippen LogP contribution in [-0.4, -0.2) is 7.05 Å². The average Bonchev–Trinajstić information content (AvgIpc) is 2.04. The Morgan fingerprint density at radius 2 is 1.85 bits per heavy atom. The van der Waals surface area contributed by atoms with Gasteiger partial charge in [-0.15, -0.1) is 6.58 Å². The summed E-state index contributed by atoms with van der Waals surface area (Å²) < 4.78 is 25.5. The van der Waals surface area contributed by atoms with Crippen molar-refractivity contribution in [2.75, 3.05) is 7.05 Å². The van der Waals surface area contributed by atoms with E-state index in [0.29, 0.717) is 5.56 Å². The molecule has 0 aliphatic carbocycles. The van der Waals surface area contributed by atoms with Gasteiger partial charge in [0.25, 0.3) is 0 Å². The molecule has 1 nitrogen and oxygen atoms in total. The third-order valence-corrected chi connectivity index (χ3v) is 1.79. The Balaban J connectivity index is 3.05. The summed E-state index contributed by atoms with van der Waals surface area (Å²) in [7, 11) is 1.70. The Morgan fingerprint density at radius 1 is 1.31 bits per heavy atom. The molecule has 1 atom stereocenters. The lowest BCUT2D eigenvalue weighted by Crippen LogP contribution is -2.13. The lowest BCUT2D eigenvalue weighted by atomic mass is 10.1. The molecule has 0 aliphatic heterocycles. The highest BCUT2D eigenvalue weighted by molar-refractivity contribution is 5.24. The van der Waals surface area contributed by atoms with E-state index in [1.165, 1.54) is 12.1 Å². The second-order valence-corrected chi connectivity index (χ2v) is 2.70. The van der Waals surface area contributed by atoms with E-state index in [9.17, 15) is 8.78 Å². The summed E-state index contributed by atoms with van der Waals surface area (Å²) >= 11 is 0. The van der Waals surface area contributed by atoms with Crippen LogP contribution in [0.3, 0.4) is 0 Å². The molecule has 70 valence electrons. The molecule has 0 amide bonds. The Hall–Kier alpha value is -1.22. The molecular formula is C10H11F2N. The van der Waals surface area contributed by atoms with E-state index >= 15 is 0 Å². The quantitative estimate of drug-likeness (QED) is 0.709. The fourth-order valence-electron chi connectivity index (χ4n) is 1.18. The number of benzene rings is 1. The van der Waals surface area contributed by atoms with E-state index in [-0.39, 0.29) is 6.04 Å². The average molecular weight is 183 g/mol. The van der Waals surface area contributed by atoms with Crippen molar-refractivity contribution in [2.24, 2.45) is 0 Å². The second kappa shape index (κ2) is 4.14. The van der Waals surface area contributed by atoms with E-state index in [4.69, 9.17) is 0 Å². The number of hydrogen-bond acceptors (Lipinski definition) is 1. The Labute approximate surface area is 76.1 Å². The van der Waals surface area contributed by atoms with Gasteiger partial charge >= 0.3 is 0 Å². The van der Waals surface area contributed by atoms with E-state index in [0.717, 1.165) is 6.07 Å². The molecule has 1 aromatic carbocycles.